The fourth-order valence-corrected chi connectivity index (χ4v) is 4.10. The molecular formula is C17H22N2O2S. The van der Waals surface area contributed by atoms with Gasteiger partial charge in [0.15, 0.2) is 0 Å². The van der Waals surface area contributed by atoms with Gasteiger partial charge in [0.25, 0.3) is 5.91 Å². The number of amides is 1. The molecule has 5 heteroatoms. The summed E-state index contributed by atoms with van der Waals surface area (Å²) in [6.07, 6.45) is 0.991. The molecule has 0 spiro atoms. The molecule has 0 radical (unpaired) electrons. The average Bonchev–Trinajstić information content (AvgIpc) is 2.86. The van der Waals surface area contributed by atoms with Gasteiger partial charge in [0.2, 0.25) is 0 Å². The second-order valence-corrected chi connectivity index (χ2v) is 7.02. The number of fused-ring (bicyclic) bond motifs is 1. The van der Waals surface area contributed by atoms with Gasteiger partial charge >= 0.3 is 0 Å². The number of nitrogens with one attached hydrogen (secondary N) is 2. The lowest BCUT2D eigenvalue weighted by Gasteiger charge is -2.30. The van der Waals surface area contributed by atoms with Crippen molar-refractivity contribution >= 4 is 27.3 Å². The molecule has 3 rings (SSSR count). The molecule has 118 valence electrons. The topological polar surface area (TPSA) is 50.4 Å². The number of ether oxygens (including phenoxy) is 1. The molecule has 2 aromatic rings. The third kappa shape index (κ3) is 2.83. The van der Waals surface area contributed by atoms with Gasteiger partial charge in [0, 0.05) is 10.7 Å². The van der Waals surface area contributed by atoms with Gasteiger partial charge in [-0.05, 0) is 61.5 Å². The predicted molar refractivity (Wildman–Crippen MR) is 91.0 cm³/mol. The van der Waals surface area contributed by atoms with Crippen molar-refractivity contribution in [2.75, 3.05) is 20.2 Å². The first-order valence-electron chi connectivity index (χ1n) is 7.69. The van der Waals surface area contributed by atoms with Crippen LogP contribution in [0.25, 0.3) is 10.1 Å². The Bertz CT molecular complexity index is 695. The zero-order valence-corrected chi connectivity index (χ0v) is 14.0. The predicted octanol–water partition coefficient (Wildman–Crippen LogP) is 2.95. The molecule has 2 N–H and O–H groups in total. The van der Waals surface area contributed by atoms with Gasteiger partial charge in [-0.3, -0.25) is 4.79 Å². The van der Waals surface area contributed by atoms with E-state index in [1.165, 1.54) is 0 Å². The van der Waals surface area contributed by atoms with Crippen molar-refractivity contribution in [2.24, 2.45) is 5.92 Å². The van der Waals surface area contributed by atoms with Gasteiger partial charge < -0.3 is 15.4 Å². The van der Waals surface area contributed by atoms with Crippen LogP contribution in [0.1, 0.15) is 28.6 Å². The van der Waals surface area contributed by atoms with Gasteiger partial charge in [-0.25, -0.2) is 0 Å². The molecule has 4 nitrogen and oxygen atoms in total. The normalized spacial score (nSPS) is 21.8. The Morgan fingerprint density at radius 3 is 3.00 bits per heavy atom. The minimum Gasteiger partial charge on any atom is -0.497 e. The summed E-state index contributed by atoms with van der Waals surface area (Å²) in [4.78, 5) is 13.5. The van der Waals surface area contributed by atoms with E-state index in [2.05, 4.69) is 17.6 Å². The Kier molecular flexibility index (Phi) is 4.36. The van der Waals surface area contributed by atoms with Crippen LogP contribution in [0.3, 0.4) is 0 Å². The van der Waals surface area contributed by atoms with E-state index in [1.54, 1.807) is 18.4 Å². The van der Waals surface area contributed by atoms with Crippen LogP contribution in [0, 0.1) is 12.8 Å². The summed E-state index contributed by atoms with van der Waals surface area (Å²) in [6, 6.07) is 6.23. The van der Waals surface area contributed by atoms with Crippen LogP contribution in [-0.4, -0.2) is 32.1 Å². The molecule has 2 atom stereocenters. The fourth-order valence-electron chi connectivity index (χ4n) is 3.01. The summed E-state index contributed by atoms with van der Waals surface area (Å²) in [6.45, 7) is 6.13. The van der Waals surface area contributed by atoms with Crippen molar-refractivity contribution in [1.29, 1.82) is 0 Å². The van der Waals surface area contributed by atoms with Crippen LogP contribution in [0.2, 0.25) is 0 Å². The Morgan fingerprint density at radius 2 is 2.27 bits per heavy atom. The molecule has 0 bridgehead atoms. The highest BCUT2D eigenvalue weighted by atomic mass is 32.1. The Hall–Kier alpha value is -1.59. The van der Waals surface area contributed by atoms with Crippen molar-refractivity contribution < 1.29 is 9.53 Å². The van der Waals surface area contributed by atoms with Crippen LogP contribution < -0.4 is 15.4 Å². The average molecular weight is 318 g/mol. The highest BCUT2D eigenvalue weighted by molar-refractivity contribution is 7.21. The molecule has 1 aromatic heterocycles. The summed E-state index contributed by atoms with van der Waals surface area (Å²) < 4.78 is 6.41. The first-order valence-corrected chi connectivity index (χ1v) is 8.50. The van der Waals surface area contributed by atoms with Gasteiger partial charge in [-0.2, -0.15) is 0 Å². The van der Waals surface area contributed by atoms with E-state index in [9.17, 15) is 4.79 Å². The van der Waals surface area contributed by atoms with E-state index >= 15 is 0 Å². The van der Waals surface area contributed by atoms with Crippen LogP contribution in [0.5, 0.6) is 5.75 Å². The number of hydrogen-bond donors (Lipinski definition) is 2. The monoisotopic (exact) mass is 318 g/mol. The maximum Gasteiger partial charge on any atom is 0.261 e. The highest BCUT2D eigenvalue weighted by Crippen LogP contribution is 2.33. The molecule has 1 saturated heterocycles. The smallest absolute Gasteiger partial charge is 0.261 e. The first-order chi connectivity index (χ1) is 10.6. The lowest BCUT2D eigenvalue weighted by atomic mass is 9.95. The Balaban J connectivity index is 1.86. The highest BCUT2D eigenvalue weighted by Gasteiger charge is 2.25. The molecule has 1 aliphatic rings. The van der Waals surface area contributed by atoms with Gasteiger partial charge in [0.1, 0.15) is 5.75 Å². The molecule has 2 unspecified atom stereocenters. The van der Waals surface area contributed by atoms with Crippen LogP contribution in [-0.2, 0) is 0 Å². The van der Waals surface area contributed by atoms with E-state index in [0.717, 1.165) is 45.8 Å². The minimum atomic E-state index is 0.0522. The molecule has 1 fully saturated rings. The zero-order valence-electron chi connectivity index (χ0n) is 13.2. The summed E-state index contributed by atoms with van der Waals surface area (Å²) in [5.41, 5.74) is 1.04. The van der Waals surface area contributed by atoms with Crippen molar-refractivity contribution in [3.63, 3.8) is 0 Å². The van der Waals surface area contributed by atoms with Crippen molar-refractivity contribution in [3.05, 3.63) is 28.6 Å². The van der Waals surface area contributed by atoms with Gasteiger partial charge in [0.05, 0.1) is 12.0 Å². The van der Waals surface area contributed by atoms with Crippen molar-refractivity contribution in [2.45, 2.75) is 26.3 Å². The van der Waals surface area contributed by atoms with Gasteiger partial charge in [-0.15, -0.1) is 11.3 Å². The number of rotatable bonds is 3. The second-order valence-electron chi connectivity index (χ2n) is 5.97. The number of hydrogen-bond acceptors (Lipinski definition) is 4. The van der Waals surface area contributed by atoms with E-state index in [1.807, 2.05) is 25.1 Å². The largest absolute Gasteiger partial charge is 0.497 e. The SMILES string of the molecule is COc1ccc2sc(C(=O)NC3CCNCC3C)c(C)c2c1. The number of thiophene rings is 1. The number of piperidine rings is 1. The lowest BCUT2D eigenvalue weighted by molar-refractivity contribution is 0.0918. The van der Waals surface area contributed by atoms with Crippen LogP contribution in [0.4, 0.5) is 0 Å². The number of methoxy groups -OCH3 is 1. The minimum absolute atomic E-state index is 0.0522. The number of carbonyl (C=O) groups is 1. The maximum atomic E-state index is 12.7. The van der Waals surface area contributed by atoms with E-state index in [0.29, 0.717) is 5.92 Å². The third-order valence-electron chi connectivity index (χ3n) is 4.45. The molecule has 0 aliphatic carbocycles. The molecule has 1 aromatic carbocycles. The maximum absolute atomic E-state index is 12.7. The third-order valence-corrected chi connectivity index (χ3v) is 5.72. The first kappa shape index (κ1) is 15.3. The van der Waals surface area contributed by atoms with Crippen molar-refractivity contribution in [3.8, 4) is 5.75 Å². The number of benzene rings is 1. The molecular weight excluding hydrogens is 296 g/mol. The molecule has 0 saturated carbocycles. The number of aryl methyl sites for hydroxylation is 1. The summed E-state index contributed by atoms with van der Waals surface area (Å²) in [5, 5.41) is 7.68. The number of carbonyl (C=O) groups excluding carboxylic acids is 1. The van der Waals surface area contributed by atoms with E-state index in [4.69, 9.17) is 4.74 Å². The molecule has 2 heterocycles. The standard InChI is InChI=1S/C17H22N2O2S/c1-10-9-18-7-6-14(10)19-17(20)16-11(2)13-8-12(21-3)4-5-15(13)22-16/h4-5,8,10,14,18H,6-7,9H2,1-3H3,(H,19,20). The zero-order chi connectivity index (χ0) is 15.7. The van der Waals surface area contributed by atoms with E-state index < -0.39 is 0 Å². The Labute approximate surface area is 134 Å². The summed E-state index contributed by atoms with van der Waals surface area (Å²) in [7, 11) is 1.66. The lowest BCUT2D eigenvalue weighted by Crippen LogP contribution is -2.48. The summed E-state index contributed by atoms with van der Waals surface area (Å²) >= 11 is 1.56. The van der Waals surface area contributed by atoms with Crippen molar-refractivity contribution in [1.82, 2.24) is 10.6 Å². The molecule has 1 aliphatic heterocycles. The Morgan fingerprint density at radius 1 is 1.45 bits per heavy atom. The second kappa shape index (κ2) is 6.26. The summed E-state index contributed by atoms with van der Waals surface area (Å²) in [5.74, 6) is 1.34. The fraction of sp³-hybridized carbons (Fsp3) is 0.471. The van der Waals surface area contributed by atoms with E-state index in [-0.39, 0.29) is 11.9 Å². The molecule has 22 heavy (non-hydrogen) atoms. The van der Waals surface area contributed by atoms with Crippen LogP contribution in [0.15, 0.2) is 18.2 Å². The quantitative estimate of drug-likeness (QED) is 0.915. The van der Waals surface area contributed by atoms with Gasteiger partial charge in [-0.1, -0.05) is 6.92 Å². The van der Waals surface area contributed by atoms with Crippen LogP contribution >= 0.6 is 11.3 Å². The molecule has 1 amide bonds.